The highest BCUT2D eigenvalue weighted by Gasteiger charge is 2.23. The highest BCUT2D eigenvalue weighted by atomic mass is 35.5. The zero-order valence-corrected chi connectivity index (χ0v) is 15.2. The van der Waals surface area contributed by atoms with Crippen molar-refractivity contribution in [3.63, 3.8) is 0 Å². The monoisotopic (exact) mass is 351 g/mol. The van der Waals surface area contributed by atoms with Crippen LogP contribution >= 0.6 is 12.4 Å². The van der Waals surface area contributed by atoms with Crippen LogP contribution in [0.2, 0.25) is 0 Å². The fourth-order valence-corrected chi connectivity index (χ4v) is 3.66. The van der Waals surface area contributed by atoms with Crippen molar-refractivity contribution in [3.05, 3.63) is 35.9 Å². The van der Waals surface area contributed by atoms with Gasteiger partial charge in [-0.3, -0.25) is 9.69 Å². The number of carbonyl (C=O) groups excluding carboxylic acids is 1. The number of hydrogen-bond acceptors (Lipinski definition) is 3. The normalized spacial score (nSPS) is 20.3. The summed E-state index contributed by atoms with van der Waals surface area (Å²) >= 11 is 0. The largest absolute Gasteiger partial charge is 0.356 e. The van der Waals surface area contributed by atoms with Gasteiger partial charge in [-0.15, -0.1) is 12.4 Å². The molecule has 1 aromatic rings. The topological polar surface area (TPSA) is 44.4 Å². The van der Waals surface area contributed by atoms with E-state index >= 15 is 0 Å². The molecular weight excluding hydrogens is 322 g/mol. The number of hydrogen-bond donors (Lipinski definition) is 2. The lowest BCUT2D eigenvalue weighted by atomic mass is 9.94. The third-order valence-electron chi connectivity index (χ3n) is 5.23. The van der Waals surface area contributed by atoms with Crippen LogP contribution in [0.1, 0.15) is 31.2 Å². The van der Waals surface area contributed by atoms with Gasteiger partial charge < -0.3 is 10.6 Å². The average molecular weight is 352 g/mol. The van der Waals surface area contributed by atoms with E-state index in [1.165, 1.54) is 18.4 Å². The Balaban J connectivity index is 0.00000208. The molecule has 4 nitrogen and oxygen atoms in total. The molecule has 0 unspecified atom stereocenters. The number of piperidine rings is 2. The first kappa shape index (κ1) is 19.2. The number of halogens is 1. The van der Waals surface area contributed by atoms with Crippen LogP contribution in [0.25, 0.3) is 0 Å². The molecule has 0 aromatic heterocycles. The summed E-state index contributed by atoms with van der Waals surface area (Å²) in [5.74, 6) is 1.15. The van der Waals surface area contributed by atoms with Gasteiger partial charge in [-0.25, -0.2) is 0 Å². The molecule has 0 aliphatic carbocycles. The summed E-state index contributed by atoms with van der Waals surface area (Å²) < 4.78 is 0. The minimum Gasteiger partial charge on any atom is -0.356 e. The van der Waals surface area contributed by atoms with E-state index in [4.69, 9.17) is 0 Å². The molecule has 2 N–H and O–H groups in total. The molecule has 0 saturated carbocycles. The Morgan fingerprint density at radius 3 is 2.42 bits per heavy atom. The predicted octanol–water partition coefficient (Wildman–Crippen LogP) is 2.44. The molecule has 1 amide bonds. The molecule has 0 atom stereocenters. The Kier molecular flexibility index (Phi) is 8.03. The van der Waals surface area contributed by atoms with E-state index in [0.717, 1.165) is 52.1 Å². The van der Waals surface area contributed by atoms with Crippen LogP contribution < -0.4 is 10.6 Å². The summed E-state index contributed by atoms with van der Waals surface area (Å²) in [5, 5.41) is 6.52. The molecule has 0 radical (unpaired) electrons. The Hall–Kier alpha value is -1.10. The van der Waals surface area contributed by atoms with Crippen LogP contribution in [0.5, 0.6) is 0 Å². The molecule has 2 aliphatic rings. The number of rotatable bonds is 5. The second-order valence-electron chi connectivity index (χ2n) is 6.97. The van der Waals surface area contributed by atoms with E-state index in [9.17, 15) is 4.79 Å². The van der Waals surface area contributed by atoms with Gasteiger partial charge in [-0.2, -0.15) is 0 Å². The lowest BCUT2D eigenvalue weighted by molar-refractivity contribution is -0.126. The summed E-state index contributed by atoms with van der Waals surface area (Å²) in [5.41, 5.74) is 1.39. The van der Waals surface area contributed by atoms with Gasteiger partial charge in [-0.1, -0.05) is 30.3 Å². The minimum atomic E-state index is 0. The molecular formula is C19H30ClN3O. The van der Waals surface area contributed by atoms with Crippen molar-refractivity contribution in [2.45, 2.75) is 32.2 Å². The van der Waals surface area contributed by atoms with Crippen molar-refractivity contribution in [2.24, 2.45) is 11.8 Å². The molecule has 3 rings (SSSR count). The number of nitrogens with zero attached hydrogens (tertiary/aromatic N) is 1. The van der Waals surface area contributed by atoms with Crippen molar-refractivity contribution in [1.29, 1.82) is 0 Å². The lowest BCUT2D eigenvalue weighted by Gasteiger charge is -2.32. The maximum atomic E-state index is 12.2. The molecule has 134 valence electrons. The Labute approximate surface area is 151 Å². The third kappa shape index (κ3) is 5.76. The first-order valence-electron chi connectivity index (χ1n) is 9.06. The van der Waals surface area contributed by atoms with E-state index in [2.05, 4.69) is 45.9 Å². The number of likely N-dealkylation sites (tertiary alicyclic amines) is 1. The predicted molar refractivity (Wildman–Crippen MR) is 100 cm³/mol. The average Bonchev–Trinajstić information content (AvgIpc) is 2.62. The molecule has 2 heterocycles. The maximum absolute atomic E-state index is 12.2. The Morgan fingerprint density at radius 1 is 1.08 bits per heavy atom. The second kappa shape index (κ2) is 10.0. The number of carbonyl (C=O) groups is 1. The SMILES string of the molecule is Cl.O=C(NCC1CCN(Cc2ccccc2)CC1)C1CCNCC1. The smallest absolute Gasteiger partial charge is 0.223 e. The molecule has 5 heteroatoms. The first-order valence-corrected chi connectivity index (χ1v) is 9.06. The van der Waals surface area contributed by atoms with Gasteiger partial charge in [0.05, 0.1) is 0 Å². The van der Waals surface area contributed by atoms with Gasteiger partial charge >= 0.3 is 0 Å². The molecule has 2 saturated heterocycles. The van der Waals surface area contributed by atoms with E-state index in [0.29, 0.717) is 5.92 Å². The Bertz CT molecular complexity index is 483. The summed E-state index contributed by atoms with van der Waals surface area (Å²) in [4.78, 5) is 14.7. The molecule has 2 fully saturated rings. The van der Waals surface area contributed by atoms with Gasteiger partial charge in [0, 0.05) is 19.0 Å². The lowest BCUT2D eigenvalue weighted by Crippen LogP contribution is -2.42. The summed E-state index contributed by atoms with van der Waals surface area (Å²) in [6.07, 6.45) is 4.36. The van der Waals surface area contributed by atoms with Gasteiger partial charge in [0.1, 0.15) is 0 Å². The van der Waals surface area contributed by atoms with Crippen molar-refractivity contribution >= 4 is 18.3 Å². The van der Waals surface area contributed by atoms with Crippen LogP contribution in [0.3, 0.4) is 0 Å². The fourth-order valence-electron chi connectivity index (χ4n) is 3.66. The minimum absolute atomic E-state index is 0. The number of amides is 1. The second-order valence-corrected chi connectivity index (χ2v) is 6.97. The molecule has 0 spiro atoms. The van der Waals surface area contributed by atoms with E-state index < -0.39 is 0 Å². The summed E-state index contributed by atoms with van der Waals surface area (Å²) in [6, 6.07) is 10.7. The molecule has 24 heavy (non-hydrogen) atoms. The van der Waals surface area contributed by atoms with Crippen molar-refractivity contribution < 1.29 is 4.79 Å². The van der Waals surface area contributed by atoms with Crippen LogP contribution in [-0.2, 0) is 11.3 Å². The van der Waals surface area contributed by atoms with Gasteiger partial charge in [0.25, 0.3) is 0 Å². The first-order chi connectivity index (χ1) is 11.3. The quantitative estimate of drug-likeness (QED) is 0.856. The number of benzene rings is 1. The van der Waals surface area contributed by atoms with E-state index in [1.54, 1.807) is 0 Å². The van der Waals surface area contributed by atoms with E-state index in [1.807, 2.05) is 0 Å². The van der Waals surface area contributed by atoms with Crippen LogP contribution in [-0.4, -0.2) is 43.5 Å². The zero-order valence-electron chi connectivity index (χ0n) is 14.4. The standard InChI is InChI=1S/C19H29N3O.ClH/c23-19(18-6-10-20-11-7-18)21-14-16-8-12-22(13-9-16)15-17-4-2-1-3-5-17;/h1-5,16,18,20H,6-15H2,(H,21,23);1H. The van der Waals surface area contributed by atoms with E-state index in [-0.39, 0.29) is 24.2 Å². The third-order valence-corrected chi connectivity index (χ3v) is 5.23. The zero-order chi connectivity index (χ0) is 15.9. The summed E-state index contributed by atoms with van der Waals surface area (Å²) in [6.45, 7) is 6.16. The number of nitrogens with one attached hydrogen (secondary N) is 2. The van der Waals surface area contributed by atoms with Crippen molar-refractivity contribution in [2.75, 3.05) is 32.7 Å². The fraction of sp³-hybridized carbons (Fsp3) is 0.632. The van der Waals surface area contributed by atoms with Gasteiger partial charge in [-0.05, 0) is 63.3 Å². The highest BCUT2D eigenvalue weighted by Crippen LogP contribution is 2.19. The van der Waals surface area contributed by atoms with Crippen LogP contribution in [0, 0.1) is 11.8 Å². The van der Waals surface area contributed by atoms with Gasteiger partial charge in [0.2, 0.25) is 5.91 Å². The summed E-state index contributed by atoms with van der Waals surface area (Å²) in [7, 11) is 0. The van der Waals surface area contributed by atoms with Gasteiger partial charge in [0.15, 0.2) is 0 Å². The Morgan fingerprint density at radius 2 is 1.75 bits per heavy atom. The highest BCUT2D eigenvalue weighted by molar-refractivity contribution is 5.85. The van der Waals surface area contributed by atoms with Crippen LogP contribution in [0.4, 0.5) is 0 Å². The van der Waals surface area contributed by atoms with Crippen LogP contribution in [0.15, 0.2) is 30.3 Å². The molecule has 0 bridgehead atoms. The molecule has 1 aromatic carbocycles. The van der Waals surface area contributed by atoms with Crippen molar-refractivity contribution in [1.82, 2.24) is 15.5 Å². The maximum Gasteiger partial charge on any atom is 0.223 e. The molecule has 2 aliphatic heterocycles. The van der Waals surface area contributed by atoms with Crippen molar-refractivity contribution in [3.8, 4) is 0 Å².